The van der Waals surface area contributed by atoms with Gasteiger partial charge in [0.15, 0.2) is 6.04 Å². The Morgan fingerprint density at radius 3 is 2.71 bits per heavy atom. The number of carbonyl (C=O) groups is 2. The molecule has 176 valence electrons. The van der Waals surface area contributed by atoms with E-state index in [1.165, 1.54) is 6.34 Å². The summed E-state index contributed by atoms with van der Waals surface area (Å²) in [5.74, 6) is -0.236. The molecule has 3 heterocycles. The number of nitrogens with zero attached hydrogens (tertiary/aromatic N) is 2. The predicted molar refractivity (Wildman–Crippen MR) is 129 cm³/mol. The predicted octanol–water partition coefficient (Wildman–Crippen LogP) is 1.32. The fraction of sp³-hybridized carbons (Fsp3) is 0.333. The third-order valence-electron chi connectivity index (χ3n) is 6.37. The van der Waals surface area contributed by atoms with Gasteiger partial charge in [-0.1, -0.05) is 12.1 Å². The smallest absolute Gasteiger partial charge is 0.253 e. The molecule has 1 fully saturated rings. The number of anilines is 1. The summed E-state index contributed by atoms with van der Waals surface area (Å²) in [6, 6.07) is 11.7. The molecule has 2 aromatic carbocycles. The number of aryl methyl sites for hydroxylation is 1. The third-order valence-corrected chi connectivity index (χ3v) is 6.37. The first-order valence-electron chi connectivity index (χ1n) is 11.3. The number of rotatable bonds is 6. The summed E-state index contributed by atoms with van der Waals surface area (Å²) in [4.78, 5) is 37.9. The SMILES string of the molecule is Cc1cc(OC2CCNCC2)ccc1NC(=O)C1N=CNC1(C(N)=O)c1nc2ccccc2[nH]1. The van der Waals surface area contributed by atoms with Gasteiger partial charge in [0.1, 0.15) is 17.7 Å². The molecule has 10 heteroatoms. The highest BCUT2D eigenvalue weighted by atomic mass is 16.5. The monoisotopic (exact) mass is 461 g/mol. The minimum absolute atomic E-state index is 0.181. The number of aliphatic imine (C=N–C) groups is 1. The fourth-order valence-corrected chi connectivity index (χ4v) is 4.49. The van der Waals surface area contributed by atoms with Gasteiger partial charge in [-0.15, -0.1) is 0 Å². The average Bonchev–Trinajstić information content (AvgIpc) is 3.47. The Bertz CT molecular complexity index is 1230. The molecule has 2 amide bonds. The van der Waals surface area contributed by atoms with Crippen LogP contribution in [0.4, 0.5) is 5.69 Å². The number of primary amides is 1. The number of nitrogens with one attached hydrogen (secondary N) is 4. The highest BCUT2D eigenvalue weighted by Crippen LogP contribution is 2.31. The normalized spacial score (nSPS) is 22.4. The van der Waals surface area contributed by atoms with Gasteiger partial charge in [-0.2, -0.15) is 0 Å². The number of hydrogen-bond acceptors (Lipinski definition) is 7. The molecule has 1 saturated heterocycles. The zero-order valence-electron chi connectivity index (χ0n) is 18.8. The van der Waals surface area contributed by atoms with Crippen molar-refractivity contribution in [1.82, 2.24) is 20.6 Å². The highest BCUT2D eigenvalue weighted by molar-refractivity contribution is 6.05. The quantitative estimate of drug-likeness (QED) is 0.374. The number of aromatic amines is 1. The van der Waals surface area contributed by atoms with Crippen LogP contribution in [0.3, 0.4) is 0 Å². The second-order valence-corrected chi connectivity index (χ2v) is 8.63. The lowest BCUT2D eigenvalue weighted by atomic mass is 9.88. The summed E-state index contributed by atoms with van der Waals surface area (Å²) in [7, 11) is 0. The van der Waals surface area contributed by atoms with Gasteiger partial charge in [-0.3, -0.25) is 14.6 Å². The van der Waals surface area contributed by atoms with Gasteiger partial charge in [-0.05, 0) is 68.8 Å². The van der Waals surface area contributed by atoms with Crippen LogP contribution in [0.2, 0.25) is 0 Å². The van der Waals surface area contributed by atoms with Crippen LogP contribution in [0.25, 0.3) is 11.0 Å². The van der Waals surface area contributed by atoms with Gasteiger partial charge in [0.25, 0.3) is 11.8 Å². The molecule has 34 heavy (non-hydrogen) atoms. The van der Waals surface area contributed by atoms with E-state index in [2.05, 4.69) is 30.9 Å². The van der Waals surface area contributed by atoms with E-state index in [-0.39, 0.29) is 11.9 Å². The minimum atomic E-state index is -1.63. The van der Waals surface area contributed by atoms with Crippen molar-refractivity contribution >= 4 is 34.9 Å². The van der Waals surface area contributed by atoms with Gasteiger partial charge in [0, 0.05) is 5.69 Å². The third kappa shape index (κ3) is 3.86. The number of ether oxygens (including phenoxy) is 1. The van der Waals surface area contributed by atoms with Crippen LogP contribution < -0.4 is 26.4 Å². The highest BCUT2D eigenvalue weighted by Gasteiger charge is 2.54. The molecule has 5 rings (SSSR count). The van der Waals surface area contributed by atoms with E-state index in [0.717, 1.165) is 42.8 Å². The van der Waals surface area contributed by atoms with Crippen LogP contribution in [0.15, 0.2) is 47.5 Å². The number of fused-ring (bicyclic) bond motifs is 1. The summed E-state index contributed by atoms with van der Waals surface area (Å²) in [5.41, 5.74) is 7.00. The summed E-state index contributed by atoms with van der Waals surface area (Å²) in [6.07, 6.45) is 3.42. The molecular weight excluding hydrogens is 434 g/mol. The Hall–Kier alpha value is -3.92. The topological polar surface area (TPSA) is 147 Å². The second-order valence-electron chi connectivity index (χ2n) is 8.63. The molecule has 6 N–H and O–H groups in total. The van der Waals surface area contributed by atoms with Crippen LogP contribution in [-0.2, 0) is 15.1 Å². The van der Waals surface area contributed by atoms with Crippen molar-refractivity contribution in [3.05, 3.63) is 53.9 Å². The first-order valence-corrected chi connectivity index (χ1v) is 11.3. The van der Waals surface area contributed by atoms with E-state index in [1.807, 2.05) is 43.3 Å². The second kappa shape index (κ2) is 8.79. The van der Waals surface area contributed by atoms with E-state index in [1.54, 1.807) is 6.07 Å². The first-order chi connectivity index (χ1) is 16.5. The molecule has 3 aromatic rings. The van der Waals surface area contributed by atoms with E-state index in [0.29, 0.717) is 11.2 Å². The van der Waals surface area contributed by atoms with Crippen LogP contribution in [0.1, 0.15) is 24.2 Å². The zero-order valence-corrected chi connectivity index (χ0v) is 18.8. The largest absolute Gasteiger partial charge is 0.490 e. The van der Waals surface area contributed by atoms with E-state index >= 15 is 0 Å². The molecule has 0 saturated carbocycles. The Morgan fingerprint density at radius 2 is 1.97 bits per heavy atom. The van der Waals surface area contributed by atoms with Crippen molar-refractivity contribution in [1.29, 1.82) is 0 Å². The Morgan fingerprint density at radius 1 is 1.18 bits per heavy atom. The molecule has 10 nitrogen and oxygen atoms in total. The van der Waals surface area contributed by atoms with Crippen molar-refractivity contribution in [2.24, 2.45) is 10.7 Å². The maximum absolute atomic E-state index is 13.3. The number of piperidine rings is 1. The maximum atomic E-state index is 13.3. The Labute approximate surface area is 196 Å². The number of nitrogens with two attached hydrogens (primary N) is 1. The lowest BCUT2D eigenvalue weighted by Gasteiger charge is -2.28. The molecule has 2 aliphatic rings. The Balaban J connectivity index is 1.37. The molecule has 0 bridgehead atoms. The first kappa shape index (κ1) is 21.9. The number of amides is 2. The number of imidazole rings is 1. The van der Waals surface area contributed by atoms with Gasteiger partial charge in [-0.25, -0.2) is 4.98 Å². The zero-order chi connectivity index (χ0) is 23.7. The molecule has 2 atom stereocenters. The van der Waals surface area contributed by atoms with Crippen molar-refractivity contribution < 1.29 is 14.3 Å². The van der Waals surface area contributed by atoms with E-state index in [9.17, 15) is 9.59 Å². The van der Waals surface area contributed by atoms with Crippen LogP contribution in [0, 0.1) is 6.92 Å². The van der Waals surface area contributed by atoms with E-state index in [4.69, 9.17) is 10.5 Å². The van der Waals surface area contributed by atoms with Gasteiger partial charge < -0.3 is 31.4 Å². The number of carbonyl (C=O) groups excluding carboxylic acids is 2. The molecular formula is C24H27N7O3. The molecule has 1 aromatic heterocycles. The minimum Gasteiger partial charge on any atom is -0.490 e. The molecule has 0 aliphatic carbocycles. The van der Waals surface area contributed by atoms with Gasteiger partial charge >= 0.3 is 0 Å². The summed E-state index contributed by atoms with van der Waals surface area (Å²) in [5, 5.41) is 9.09. The number of benzene rings is 2. The van der Waals surface area contributed by atoms with Gasteiger partial charge in [0.05, 0.1) is 17.4 Å². The fourth-order valence-electron chi connectivity index (χ4n) is 4.49. The van der Waals surface area contributed by atoms with E-state index < -0.39 is 23.4 Å². The van der Waals surface area contributed by atoms with Crippen molar-refractivity contribution in [2.75, 3.05) is 18.4 Å². The average molecular weight is 462 g/mol. The lowest BCUT2D eigenvalue weighted by molar-refractivity contribution is -0.129. The van der Waals surface area contributed by atoms with Crippen LogP contribution in [0.5, 0.6) is 5.75 Å². The molecule has 0 radical (unpaired) electrons. The molecule has 2 aliphatic heterocycles. The summed E-state index contributed by atoms with van der Waals surface area (Å²) >= 11 is 0. The number of aromatic nitrogens is 2. The van der Waals surface area contributed by atoms with Crippen molar-refractivity contribution in [3.63, 3.8) is 0 Å². The standard InChI is InChI=1S/C24H27N7O3/c1-14-12-16(34-15-8-10-26-11-9-15)6-7-17(14)29-21(32)20-24(22(25)33,28-13-27-20)23-30-18-4-2-3-5-19(18)31-23/h2-7,12-13,15,20,26H,8-11H2,1H3,(H2,25,33)(H,27,28)(H,29,32)(H,30,31). The molecule has 0 spiro atoms. The summed E-state index contributed by atoms with van der Waals surface area (Å²) < 4.78 is 6.09. The number of hydrogen-bond donors (Lipinski definition) is 5. The Kier molecular flexibility index (Phi) is 5.66. The summed E-state index contributed by atoms with van der Waals surface area (Å²) in [6.45, 7) is 3.78. The van der Waals surface area contributed by atoms with Crippen molar-refractivity contribution in [3.8, 4) is 5.75 Å². The maximum Gasteiger partial charge on any atom is 0.253 e. The van der Waals surface area contributed by atoms with Gasteiger partial charge in [0.2, 0.25) is 5.54 Å². The van der Waals surface area contributed by atoms with Crippen LogP contribution in [-0.4, -0.2) is 53.4 Å². The van der Waals surface area contributed by atoms with Crippen LogP contribution >= 0.6 is 0 Å². The molecule has 2 unspecified atom stereocenters. The number of para-hydroxylation sites is 2. The lowest BCUT2D eigenvalue weighted by Crippen LogP contribution is -2.59. The van der Waals surface area contributed by atoms with Crippen molar-refractivity contribution in [2.45, 2.75) is 37.5 Å². The number of H-pyrrole nitrogens is 1.